The molecular weight excluding hydrogens is 460 g/mol. The van der Waals surface area contributed by atoms with Crippen LogP contribution in [0.25, 0.3) is 5.78 Å². The molecule has 0 saturated carbocycles. The number of fused-ring (bicyclic) bond motifs is 1. The number of carbonyl (C=O) groups excluding carboxylic acids is 2. The first kappa shape index (κ1) is 23.4. The van der Waals surface area contributed by atoms with E-state index >= 15 is 0 Å². The summed E-state index contributed by atoms with van der Waals surface area (Å²) in [7, 11) is 0. The van der Waals surface area contributed by atoms with Gasteiger partial charge in [0.05, 0.1) is 12.0 Å². The standard InChI is InChI=1S/C26H26N6O4/c1-16-6-8-19(9-7-16)21-13-22(23-5-4-12-35-23)32(30-21)24(33)14-36-25(34)11-10-20-17(2)29-26-27-15-28-31(26)18(20)3/h4-9,12,15,22H,10-11,13-14H2,1-3H3. The number of hydrazone groups is 1. The first-order valence-corrected chi connectivity index (χ1v) is 11.7. The minimum atomic E-state index is -0.475. The second kappa shape index (κ2) is 9.73. The van der Waals surface area contributed by atoms with Crippen LogP contribution in [0.15, 0.2) is 58.5 Å². The summed E-state index contributed by atoms with van der Waals surface area (Å²) in [5, 5.41) is 10.1. The first-order valence-electron chi connectivity index (χ1n) is 11.7. The molecule has 0 spiro atoms. The van der Waals surface area contributed by atoms with E-state index in [1.165, 1.54) is 11.3 Å². The van der Waals surface area contributed by atoms with Gasteiger partial charge in [-0.25, -0.2) is 14.5 Å². The molecule has 0 aliphatic carbocycles. The smallest absolute Gasteiger partial charge is 0.306 e. The molecule has 1 unspecified atom stereocenters. The highest BCUT2D eigenvalue weighted by Gasteiger charge is 2.35. The van der Waals surface area contributed by atoms with Crippen molar-refractivity contribution < 1.29 is 18.7 Å². The van der Waals surface area contributed by atoms with Crippen LogP contribution in [-0.4, -0.2) is 48.8 Å². The molecule has 1 atom stereocenters. The Morgan fingerprint density at radius 2 is 1.94 bits per heavy atom. The molecule has 1 aliphatic heterocycles. The number of esters is 1. The van der Waals surface area contributed by atoms with Crippen molar-refractivity contribution in [2.45, 2.75) is 46.1 Å². The molecule has 0 N–H and O–H groups in total. The molecule has 3 aromatic heterocycles. The summed E-state index contributed by atoms with van der Waals surface area (Å²) < 4.78 is 12.5. The number of nitrogens with zero attached hydrogens (tertiary/aromatic N) is 6. The number of aryl methyl sites for hydroxylation is 3. The molecule has 1 aromatic carbocycles. The summed E-state index contributed by atoms with van der Waals surface area (Å²) >= 11 is 0. The number of benzene rings is 1. The van der Waals surface area contributed by atoms with E-state index in [4.69, 9.17) is 9.15 Å². The van der Waals surface area contributed by atoms with E-state index in [0.29, 0.717) is 24.4 Å². The maximum atomic E-state index is 13.1. The molecule has 10 heteroatoms. The Labute approximate surface area is 207 Å². The van der Waals surface area contributed by atoms with Gasteiger partial charge in [-0.1, -0.05) is 29.8 Å². The predicted octanol–water partition coefficient (Wildman–Crippen LogP) is 3.50. The predicted molar refractivity (Wildman–Crippen MR) is 130 cm³/mol. The average molecular weight is 487 g/mol. The molecule has 36 heavy (non-hydrogen) atoms. The van der Waals surface area contributed by atoms with Gasteiger partial charge in [0.25, 0.3) is 11.7 Å². The summed E-state index contributed by atoms with van der Waals surface area (Å²) in [5.41, 5.74) is 5.41. The van der Waals surface area contributed by atoms with Crippen molar-refractivity contribution in [1.82, 2.24) is 24.6 Å². The van der Waals surface area contributed by atoms with Crippen molar-refractivity contribution >= 4 is 23.4 Å². The Hall–Kier alpha value is -4.34. The molecule has 184 valence electrons. The van der Waals surface area contributed by atoms with Crippen molar-refractivity contribution in [3.05, 3.63) is 82.8 Å². The molecule has 5 rings (SSSR count). The second-order valence-electron chi connectivity index (χ2n) is 8.78. The van der Waals surface area contributed by atoms with Crippen LogP contribution < -0.4 is 0 Å². The monoisotopic (exact) mass is 486 g/mol. The number of ether oxygens (including phenoxy) is 1. The third-order valence-corrected chi connectivity index (χ3v) is 6.35. The van der Waals surface area contributed by atoms with Gasteiger partial charge in [0, 0.05) is 24.2 Å². The minimum Gasteiger partial charge on any atom is -0.467 e. The van der Waals surface area contributed by atoms with E-state index in [0.717, 1.165) is 33.8 Å². The zero-order valence-corrected chi connectivity index (χ0v) is 20.3. The van der Waals surface area contributed by atoms with Crippen molar-refractivity contribution in [3.63, 3.8) is 0 Å². The maximum Gasteiger partial charge on any atom is 0.306 e. The molecule has 0 saturated heterocycles. The van der Waals surface area contributed by atoms with Crippen LogP contribution in [0, 0.1) is 20.8 Å². The van der Waals surface area contributed by atoms with E-state index in [2.05, 4.69) is 20.2 Å². The first-order chi connectivity index (χ1) is 17.4. The summed E-state index contributed by atoms with van der Waals surface area (Å²) in [4.78, 5) is 34.1. The summed E-state index contributed by atoms with van der Waals surface area (Å²) in [6, 6.07) is 11.2. The molecule has 0 bridgehead atoms. The molecule has 4 aromatic rings. The number of hydrogen-bond acceptors (Lipinski definition) is 8. The highest BCUT2D eigenvalue weighted by Crippen LogP contribution is 2.33. The molecule has 10 nitrogen and oxygen atoms in total. The zero-order chi connectivity index (χ0) is 25.2. The van der Waals surface area contributed by atoms with E-state index in [1.54, 1.807) is 16.8 Å². The topological polar surface area (TPSA) is 115 Å². The van der Waals surface area contributed by atoms with Crippen molar-refractivity contribution in [2.75, 3.05) is 6.61 Å². The van der Waals surface area contributed by atoms with E-state index < -0.39 is 24.5 Å². The Kier molecular flexibility index (Phi) is 6.32. The largest absolute Gasteiger partial charge is 0.467 e. The lowest BCUT2D eigenvalue weighted by Crippen LogP contribution is -2.31. The second-order valence-corrected chi connectivity index (χ2v) is 8.78. The lowest BCUT2D eigenvalue weighted by molar-refractivity contribution is -0.152. The quantitative estimate of drug-likeness (QED) is 0.367. The van der Waals surface area contributed by atoms with E-state index in [-0.39, 0.29) is 6.42 Å². The lowest BCUT2D eigenvalue weighted by atomic mass is 10.0. The number of amides is 1. The van der Waals surface area contributed by atoms with Crippen LogP contribution in [0.2, 0.25) is 0 Å². The van der Waals surface area contributed by atoms with Crippen LogP contribution in [0.4, 0.5) is 0 Å². The van der Waals surface area contributed by atoms with Gasteiger partial charge in [-0.2, -0.15) is 15.2 Å². The molecule has 1 aliphatic rings. The average Bonchev–Trinajstić information content (AvgIpc) is 3.63. The highest BCUT2D eigenvalue weighted by molar-refractivity contribution is 6.03. The Balaban J connectivity index is 1.24. The van der Waals surface area contributed by atoms with Crippen LogP contribution in [-0.2, 0) is 20.7 Å². The summed E-state index contributed by atoms with van der Waals surface area (Å²) in [6.45, 7) is 5.39. The number of furan rings is 1. The van der Waals surface area contributed by atoms with Crippen molar-refractivity contribution in [3.8, 4) is 0 Å². The lowest BCUT2D eigenvalue weighted by Gasteiger charge is -2.19. The van der Waals surface area contributed by atoms with Gasteiger partial charge >= 0.3 is 5.97 Å². The van der Waals surface area contributed by atoms with Gasteiger partial charge < -0.3 is 9.15 Å². The van der Waals surface area contributed by atoms with Gasteiger partial charge in [0.2, 0.25) is 0 Å². The molecule has 1 amide bonds. The molecule has 0 radical (unpaired) electrons. The van der Waals surface area contributed by atoms with Gasteiger partial charge in [-0.05, 0) is 50.5 Å². The highest BCUT2D eigenvalue weighted by atomic mass is 16.5. The van der Waals surface area contributed by atoms with Gasteiger partial charge in [-0.15, -0.1) is 0 Å². The van der Waals surface area contributed by atoms with Crippen LogP contribution in [0.3, 0.4) is 0 Å². The zero-order valence-electron chi connectivity index (χ0n) is 20.3. The number of hydrogen-bond donors (Lipinski definition) is 0. The van der Waals surface area contributed by atoms with Crippen LogP contribution >= 0.6 is 0 Å². The Morgan fingerprint density at radius 3 is 2.69 bits per heavy atom. The summed E-state index contributed by atoms with van der Waals surface area (Å²) in [5.74, 6) is 0.258. The normalized spacial score (nSPS) is 15.4. The number of aromatic nitrogens is 4. The van der Waals surface area contributed by atoms with Gasteiger partial charge in [0.15, 0.2) is 6.61 Å². The fraction of sp³-hybridized carbons (Fsp3) is 0.308. The Morgan fingerprint density at radius 1 is 1.14 bits per heavy atom. The fourth-order valence-corrected chi connectivity index (χ4v) is 4.39. The van der Waals surface area contributed by atoms with Crippen molar-refractivity contribution in [2.24, 2.45) is 5.10 Å². The minimum absolute atomic E-state index is 0.107. The molecule has 4 heterocycles. The third kappa shape index (κ3) is 4.61. The third-order valence-electron chi connectivity index (χ3n) is 6.35. The summed E-state index contributed by atoms with van der Waals surface area (Å²) in [6.07, 6.45) is 4.04. The Bertz CT molecular complexity index is 1440. The van der Waals surface area contributed by atoms with Crippen molar-refractivity contribution in [1.29, 1.82) is 0 Å². The maximum absolute atomic E-state index is 13.1. The SMILES string of the molecule is Cc1ccc(C2=NN(C(=O)COC(=O)CCc3c(C)nc4ncnn4c3C)C(c3ccco3)C2)cc1. The fourth-order valence-electron chi connectivity index (χ4n) is 4.39. The van der Waals surface area contributed by atoms with E-state index in [1.807, 2.05) is 51.1 Å². The number of carbonyl (C=O) groups is 2. The number of rotatable bonds is 7. The van der Waals surface area contributed by atoms with Crippen LogP contribution in [0.5, 0.6) is 0 Å². The van der Waals surface area contributed by atoms with E-state index in [9.17, 15) is 9.59 Å². The molecular formula is C26H26N6O4. The van der Waals surface area contributed by atoms with Gasteiger partial charge in [0.1, 0.15) is 18.1 Å². The van der Waals surface area contributed by atoms with Gasteiger partial charge in [-0.3, -0.25) is 9.59 Å². The molecule has 0 fully saturated rings. The van der Waals surface area contributed by atoms with Crippen LogP contribution in [0.1, 0.15) is 52.7 Å².